The Labute approximate surface area is 142 Å². The first-order chi connectivity index (χ1) is 10.9. The number of nitrogens with one attached hydrogen (secondary N) is 1. The largest absolute Gasteiger partial charge is 0.411 e. The Hall–Kier alpha value is -2.06. The van der Waals surface area contributed by atoms with Crippen molar-refractivity contribution >= 4 is 35.3 Å². The third-order valence-corrected chi connectivity index (χ3v) is 4.47. The number of nitrogens with zero attached hydrogens (tertiary/aromatic N) is 2. The molecule has 0 bridgehead atoms. The summed E-state index contributed by atoms with van der Waals surface area (Å²) in [5.41, 5.74) is 5.69. The van der Waals surface area contributed by atoms with Gasteiger partial charge in [0.1, 0.15) is 0 Å². The quantitative estimate of drug-likeness (QED) is 0.798. The second-order valence-corrected chi connectivity index (χ2v) is 6.55. The lowest BCUT2D eigenvalue weighted by Gasteiger charge is -2.16. The summed E-state index contributed by atoms with van der Waals surface area (Å²) in [6.07, 6.45) is 0. The summed E-state index contributed by atoms with van der Waals surface area (Å²) >= 11 is 6.91. The normalized spacial score (nSPS) is 12.2. The number of urea groups is 1. The molecule has 0 spiro atoms. The lowest BCUT2D eigenvalue weighted by atomic mass is 10.1. The monoisotopic (exact) mass is 354 g/mol. The maximum absolute atomic E-state index is 12.0. The molecule has 122 valence electrons. The third-order valence-electron chi connectivity index (χ3n) is 2.84. The molecule has 1 heterocycles. The number of primary amides is 1. The molecular formula is C14H15ClN4O3S. The van der Waals surface area contributed by atoms with Crippen molar-refractivity contribution in [3.8, 4) is 11.5 Å². The molecule has 0 fully saturated rings. The Morgan fingerprint density at radius 1 is 1.26 bits per heavy atom. The van der Waals surface area contributed by atoms with Crippen molar-refractivity contribution in [2.45, 2.75) is 24.3 Å². The van der Waals surface area contributed by atoms with Crippen LogP contribution in [0.25, 0.3) is 11.5 Å². The highest BCUT2D eigenvalue weighted by Gasteiger charge is 2.27. The standard InChI is InChI=1S/C14H15ClN4O3S/c1-7(2)10(11(20)17-13(16)21)23-14-19-18-12(22-14)8-3-5-9(15)6-4-8/h3-7,10H,1-2H3,(H3,16,17,20,21)/t10-/m0/s1. The third kappa shape index (κ3) is 4.70. The van der Waals surface area contributed by atoms with Gasteiger partial charge in [-0.15, -0.1) is 10.2 Å². The number of hydrogen-bond acceptors (Lipinski definition) is 6. The van der Waals surface area contributed by atoms with Crippen LogP contribution >= 0.6 is 23.4 Å². The van der Waals surface area contributed by atoms with Crippen molar-refractivity contribution in [2.75, 3.05) is 0 Å². The van der Waals surface area contributed by atoms with Gasteiger partial charge in [-0.1, -0.05) is 37.2 Å². The van der Waals surface area contributed by atoms with E-state index in [4.69, 9.17) is 21.8 Å². The number of aromatic nitrogens is 2. The molecule has 0 aliphatic rings. The van der Waals surface area contributed by atoms with Gasteiger partial charge in [-0.3, -0.25) is 10.1 Å². The Bertz CT molecular complexity index is 702. The molecule has 0 unspecified atom stereocenters. The van der Waals surface area contributed by atoms with E-state index in [0.29, 0.717) is 10.9 Å². The van der Waals surface area contributed by atoms with E-state index in [-0.39, 0.29) is 11.1 Å². The maximum Gasteiger partial charge on any atom is 0.318 e. The first-order valence-electron chi connectivity index (χ1n) is 6.73. The van der Waals surface area contributed by atoms with E-state index < -0.39 is 17.2 Å². The van der Waals surface area contributed by atoms with Crippen molar-refractivity contribution in [3.05, 3.63) is 29.3 Å². The van der Waals surface area contributed by atoms with Crippen LogP contribution in [0.3, 0.4) is 0 Å². The number of benzene rings is 1. The van der Waals surface area contributed by atoms with Gasteiger partial charge in [0.2, 0.25) is 11.8 Å². The SMILES string of the molecule is CC(C)[C@H](Sc1nnc(-c2ccc(Cl)cc2)o1)C(=O)NC(N)=O. The van der Waals surface area contributed by atoms with E-state index in [9.17, 15) is 9.59 Å². The van der Waals surface area contributed by atoms with Crippen LogP contribution in [0.2, 0.25) is 5.02 Å². The first-order valence-corrected chi connectivity index (χ1v) is 7.99. The van der Waals surface area contributed by atoms with E-state index in [1.807, 2.05) is 13.8 Å². The van der Waals surface area contributed by atoms with Gasteiger partial charge in [0, 0.05) is 10.6 Å². The zero-order valence-corrected chi connectivity index (χ0v) is 14.0. The van der Waals surface area contributed by atoms with Crippen LogP contribution in [0, 0.1) is 5.92 Å². The Morgan fingerprint density at radius 2 is 1.91 bits per heavy atom. The van der Waals surface area contributed by atoms with Gasteiger partial charge < -0.3 is 10.2 Å². The highest BCUT2D eigenvalue weighted by Crippen LogP contribution is 2.30. The number of halogens is 1. The summed E-state index contributed by atoms with van der Waals surface area (Å²) in [7, 11) is 0. The summed E-state index contributed by atoms with van der Waals surface area (Å²) in [6.45, 7) is 3.68. The van der Waals surface area contributed by atoms with Gasteiger partial charge in [-0.05, 0) is 30.2 Å². The molecule has 23 heavy (non-hydrogen) atoms. The Balaban J connectivity index is 2.14. The molecule has 1 aromatic heterocycles. The van der Waals surface area contributed by atoms with Gasteiger partial charge in [0.05, 0.1) is 5.25 Å². The molecule has 0 saturated heterocycles. The minimum atomic E-state index is -0.895. The molecule has 2 aromatic rings. The highest BCUT2D eigenvalue weighted by atomic mass is 35.5. The van der Waals surface area contributed by atoms with Crippen molar-refractivity contribution in [1.82, 2.24) is 15.5 Å². The molecule has 0 aliphatic carbocycles. The van der Waals surface area contributed by atoms with Crippen molar-refractivity contribution in [1.29, 1.82) is 0 Å². The van der Waals surface area contributed by atoms with Gasteiger partial charge in [0.15, 0.2) is 0 Å². The number of nitrogens with two attached hydrogens (primary N) is 1. The Morgan fingerprint density at radius 3 is 2.48 bits per heavy atom. The predicted molar refractivity (Wildman–Crippen MR) is 87.0 cm³/mol. The van der Waals surface area contributed by atoms with Crippen LogP contribution in [0.5, 0.6) is 0 Å². The molecule has 1 aromatic carbocycles. The highest BCUT2D eigenvalue weighted by molar-refractivity contribution is 8.00. The molecule has 0 saturated carbocycles. The molecule has 1 atom stereocenters. The molecule has 3 N–H and O–H groups in total. The summed E-state index contributed by atoms with van der Waals surface area (Å²) in [5, 5.41) is 10.2. The van der Waals surface area contributed by atoms with Gasteiger partial charge in [-0.25, -0.2) is 4.79 Å². The number of rotatable bonds is 5. The van der Waals surface area contributed by atoms with E-state index >= 15 is 0 Å². The van der Waals surface area contributed by atoms with Crippen LogP contribution in [0.15, 0.2) is 33.9 Å². The average molecular weight is 355 g/mol. The first kappa shape index (κ1) is 17.3. The van der Waals surface area contributed by atoms with Crippen LogP contribution in [-0.2, 0) is 4.79 Å². The number of hydrogen-bond donors (Lipinski definition) is 2. The molecule has 0 radical (unpaired) electrons. The van der Waals surface area contributed by atoms with Crippen molar-refractivity contribution in [3.63, 3.8) is 0 Å². The van der Waals surface area contributed by atoms with Crippen LogP contribution in [-0.4, -0.2) is 27.4 Å². The molecule has 3 amide bonds. The number of thioether (sulfide) groups is 1. The number of imide groups is 1. The molecule has 0 aliphatic heterocycles. The fourth-order valence-electron chi connectivity index (χ4n) is 1.76. The fraction of sp³-hybridized carbons (Fsp3) is 0.286. The minimum Gasteiger partial charge on any atom is -0.411 e. The summed E-state index contributed by atoms with van der Waals surface area (Å²) < 4.78 is 5.55. The molecular weight excluding hydrogens is 340 g/mol. The lowest BCUT2D eigenvalue weighted by Crippen LogP contribution is -2.42. The predicted octanol–water partition coefficient (Wildman–Crippen LogP) is 2.70. The summed E-state index contributed by atoms with van der Waals surface area (Å²) in [6, 6.07) is 6.04. The molecule has 7 nitrogen and oxygen atoms in total. The molecule has 2 rings (SSSR count). The number of amides is 3. The second-order valence-electron chi connectivity index (χ2n) is 5.02. The van der Waals surface area contributed by atoms with Crippen LogP contribution < -0.4 is 11.1 Å². The zero-order valence-electron chi connectivity index (χ0n) is 12.4. The van der Waals surface area contributed by atoms with Crippen molar-refractivity contribution < 1.29 is 14.0 Å². The fourth-order valence-corrected chi connectivity index (χ4v) is 2.76. The maximum atomic E-state index is 12.0. The lowest BCUT2D eigenvalue weighted by molar-refractivity contribution is -0.120. The van der Waals surface area contributed by atoms with E-state index in [2.05, 4.69) is 15.5 Å². The zero-order chi connectivity index (χ0) is 17.0. The van der Waals surface area contributed by atoms with Gasteiger partial charge in [-0.2, -0.15) is 0 Å². The van der Waals surface area contributed by atoms with E-state index in [1.54, 1.807) is 24.3 Å². The smallest absolute Gasteiger partial charge is 0.318 e. The van der Waals surface area contributed by atoms with Crippen molar-refractivity contribution in [2.24, 2.45) is 11.7 Å². The van der Waals surface area contributed by atoms with Crippen LogP contribution in [0.4, 0.5) is 4.79 Å². The minimum absolute atomic E-state index is 0.0646. The van der Waals surface area contributed by atoms with Crippen LogP contribution in [0.1, 0.15) is 13.8 Å². The Kier molecular flexibility index (Phi) is 5.62. The van der Waals surface area contributed by atoms with E-state index in [1.165, 1.54) is 0 Å². The topological polar surface area (TPSA) is 111 Å². The van der Waals surface area contributed by atoms with E-state index in [0.717, 1.165) is 17.3 Å². The summed E-state index contributed by atoms with van der Waals surface area (Å²) in [4.78, 5) is 22.8. The molecule has 9 heteroatoms. The van der Waals surface area contributed by atoms with Gasteiger partial charge in [0.25, 0.3) is 5.22 Å². The second kappa shape index (κ2) is 7.47. The summed E-state index contributed by atoms with van der Waals surface area (Å²) in [5.74, 6) is -0.240. The average Bonchev–Trinajstić information content (AvgIpc) is 2.93. The van der Waals surface area contributed by atoms with Gasteiger partial charge >= 0.3 is 6.03 Å². The number of carbonyl (C=O) groups excluding carboxylic acids is 2. The number of carbonyl (C=O) groups is 2.